The first kappa shape index (κ1) is 20.9. The van der Waals surface area contributed by atoms with Crippen LogP contribution in [0.4, 0.5) is 0 Å². The summed E-state index contributed by atoms with van der Waals surface area (Å²) in [4.78, 5) is 10.3. The molecule has 0 heterocycles. The Hall–Kier alpha value is -2.09. The molecule has 0 aliphatic rings. The van der Waals surface area contributed by atoms with E-state index in [0.717, 1.165) is 32.1 Å². The number of hydrogen-bond donors (Lipinski definition) is 1. The van der Waals surface area contributed by atoms with E-state index in [1.165, 1.54) is 0 Å². The van der Waals surface area contributed by atoms with Crippen LogP contribution >= 0.6 is 0 Å². The summed E-state index contributed by atoms with van der Waals surface area (Å²) in [5.41, 5.74) is 0. The molecule has 0 saturated heterocycles. The van der Waals surface area contributed by atoms with Gasteiger partial charge in [-0.25, -0.2) is 0 Å². The van der Waals surface area contributed by atoms with Crippen molar-refractivity contribution in [3.8, 4) is 0 Å². The Kier molecular flexibility index (Phi) is 16.3. The molecule has 0 aliphatic carbocycles. The molecule has 0 atom stereocenters. The van der Waals surface area contributed by atoms with Gasteiger partial charge in [-0.15, -0.1) is 0 Å². The molecular weight excluding hydrogens is 284 g/mol. The Morgan fingerprint density at radius 3 is 1.35 bits per heavy atom. The number of allylic oxidation sites excluding steroid dienone is 12. The van der Waals surface area contributed by atoms with Crippen LogP contribution in [0.15, 0.2) is 72.9 Å². The maximum absolute atomic E-state index is 10.3. The van der Waals surface area contributed by atoms with Crippen molar-refractivity contribution < 1.29 is 9.90 Å². The standard InChI is InChI=1S/C21H30O2/c1-2-3-4-5-6-7-8-9-10-11-12-13-14-15-16-17-18-19-20-21(22)23/h2-3,5-6,8-9,11-12,14-15,17-18H,4,7,10,13,16,19-20H2,1H3,(H,22,23)/b3-2+,6-5-,9-8+,12-11+,15-14+,18-17+. The second kappa shape index (κ2) is 18.0. The highest BCUT2D eigenvalue weighted by Gasteiger charge is 1.90. The van der Waals surface area contributed by atoms with Crippen molar-refractivity contribution >= 4 is 5.97 Å². The summed E-state index contributed by atoms with van der Waals surface area (Å²) in [7, 11) is 0. The molecule has 0 bridgehead atoms. The first-order valence-corrected chi connectivity index (χ1v) is 8.35. The van der Waals surface area contributed by atoms with Gasteiger partial charge in [0.15, 0.2) is 0 Å². The third kappa shape index (κ3) is 19.9. The lowest BCUT2D eigenvalue weighted by atomic mass is 10.2. The van der Waals surface area contributed by atoms with E-state index in [0.29, 0.717) is 6.42 Å². The molecule has 0 rings (SSSR count). The van der Waals surface area contributed by atoms with Gasteiger partial charge in [0.2, 0.25) is 0 Å². The fourth-order valence-corrected chi connectivity index (χ4v) is 1.72. The zero-order chi connectivity index (χ0) is 17.0. The van der Waals surface area contributed by atoms with Gasteiger partial charge in [0.25, 0.3) is 0 Å². The Labute approximate surface area is 141 Å². The van der Waals surface area contributed by atoms with Crippen LogP contribution in [0.3, 0.4) is 0 Å². The topological polar surface area (TPSA) is 37.3 Å². The van der Waals surface area contributed by atoms with Gasteiger partial charge in [-0.3, -0.25) is 4.79 Å². The normalized spacial score (nSPS) is 13.1. The van der Waals surface area contributed by atoms with Crippen LogP contribution in [-0.2, 0) is 4.79 Å². The fraction of sp³-hybridized carbons (Fsp3) is 0.381. The summed E-state index contributed by atoms with van der Waals surface area (Å²) in [6, 6.07) is 0. The highest BCUT2D eigenvalue weighted by Crippen LogP contribution is 1.97. The molecule has 2 nitrogen and oxygen atoms in total. The van der Waals surface area contributed by atoms with Crippen LogP contribution in [0.5, 0.6) is 0 Å². The second-order valence-corrected chi connectivity index (χ2v) is 5.04. The third-order valence-corrected chi connectivity index (χ3v) is 2.95. The quantitative estimate of drug-likeness (QED) is 0.413. The van der Waals surface area contributed by atoms with Gasteiger partial charge in [-0.05, 0) is 45.4 Å². The first-order valence-electron chi connectivity index (χ1n) is 8.35. The summed E-state index contributed by atoms with van der Waals surface area (Å²) < 4.78 is 0. The molecule has 0 saturated carbocycles. The number of carboxylic acid groups (broad SMARTS) is 1. The second-order valence-electron chi connectivity index (χ2n) is 5.04. The zero-order valence-electron chi connectivity index (χ0n) is 14.2. The molecule has 0 spiro atoms. The van der Waals surface area contributed by atoms with Gasteiger partial charge >= 0.3 is 5.97 Å². The summed E-state index contributed by atoms with van der Waals surface area (Å²) in [5.74, 6) is -0.742. The number of hydrogen-bond acceptors (Lipinski definition) is 1. The monoisotopic (exact) mass is 314 g/mol. The van der Waals surface area contributed by atoms with Crippen molar-refractivity contribution in [3.05, 3.63) is 72.9 Å². The van der Waals surface area contributed by atoms with E-state index in [4.69, 9.17) is 5.11 Å². The van der Waals surface area contributed by atoms with E-state index >= 15 is 0 Å². The molecular formula is C21H30O2. The van der Waals surface area contributed by atoms with E-state index in [2.05, 4.69) is 60.8 Å². The van der Waals surface area contributed by atoms with E-state index in [1.807, 2.05) is 19.1 Å². The molecule has 0 amide bonds. The molecule has 0 fully saturated rings. The van der Waals surface area contributed by atoms with Gasteiger partial charge in [0.05, 0.1) is 0 Å². The number of carboxylic acids is 1. The minimum Gasteiger partial charge on any atom is -0.481 e. The SMILES string of the molecule is C/C=C/C/C=C\C/C=C/C/C=C/C/C=C/C/C=C/CCC(=O)O. The highest BCUT2D eigenvalue weighted by atomic mass is 16.4. The van der Waals surface area contributed by atoms with Gasteiger partial charge < -0.3 is 5.11 Å². The minimum atomic E-state index is -0.742. The fourth-order valence-electron chi connectivity index (χ4n) is 1.72. The van der Waals surface area contributed by atoms with Crippen LogP contribution in [-0.4, -0.2) is 11.1 Å². The average molecular weight is 314 g/mol. The molecule has 0 aromatic heterocycles. The number of aliphatic carboxylic acids is 1. The van der Waals surface area contributed by atoms with Crippen molar-refractivity contribution in [3.63, 3.8) is 0 Å². The van der Waals surface area contributed by atoms with Crippen LogP contribution in [0.1, 0.15) is 51.9 Å². The summed E-state index contributed by atoms with van der Waals surface area (Å²) in [6.45, 7) is 2.04. The predicted molar refractivity (Wildman–Crippen MR) is 100 cm³/mol. The molecule has 126 valence electrons. The molecule has 0 radical (unpaired) electrons. The van der Waals surface area contributed by atoms with Crippen molar-refractivity contribution in [2.45, 2.75) is 51.9 Å². The van der Waals surface area contributed by atoms with Gasteiger partial charge in [0, 0.05) is 6.42 Å². The minimum absolute atomic E-state index is 0.210. The lowest BCUT2D eigenvalue weighted by Gasteiger charge is -1.87. The van der Waals surface area contributed by atoms with Gasteiger partial charge in [-0.2, -0.15) is 0 Å². The third-order valence-electron chi connectivity index (χ3n) is 2.95. The van der Waals surface area contributed by atoms with E-state index in [-0.39, 0.29) is 6.42 Å². The summed E-state index contributed by atoms with van der Waals surface area (Å²) in [6.07, 6.45) is 31.1. The van der Waals surface area contributed by atoms with Gasteiger partial charge in [0.1, 0.15) is 0 Å². The van der Waals surface area contributed by atoms with Crippen LogP contribution in [0.2, 0.25) is 0 Å². The van der Waals surface area contributed by atoms with E-state index in [9.17, 15) is 4.79 Å². The summed E-state index contributed by atoms with van der Waals surface area (Å²) >= 11 is 0. The van der Waals surface area contributed by atoms with Crippen molar-refractivity contribution in [2.24, 2.45) is 0 Å². The van der Waals surface area contributed by atoms with Crippen molar-refractivity contribution in [1.29, 1.82) is 0 Å². The molecule has 23 heavy (non-hydrogen) atoms. The van der Waals surface area contributed by atoms with Crippen LogP contribution in [0.25, 0.3) is 0 Å². The highest BCUT2D eigenvalue weighted by molar-refractivity contribution is 5.66. The lowest BCUT2D eigenvalue weighted by molar-refractivity contribution is -0.136. The lowest BCUT2D eigenvalue weighted by Crippen LogP contribution is -1.91. The van der Waals surface area contributed by atoms with Crippen LogP contribution < -0.4 is 0 Å². The van der Waals surface area contributed by atoms with E-state index < -0.39 is 5.97 Å². The Balaban J connectivity index is 3.51. The molecule has 0 aliphatic heterocycles. The maximum Gasteiger partial charge on any atom is 0.303 e. The molecule has 0 unspecified atom stereocenters. The number of carbonyl (C=O) groups is 1. The zero-order valence-corrected chi connectivity index (χ0v) is 14.2. The molecule has 1 N–H and O–H groups in total. The molecule has 0 aromatic carbocycles. The summed E-state index contributed by atoms with van der Waals surface area (Å²) in [5, 5.41) is 8.48. The predicted octanol–water partition coefficient (Wildman–Crippen LogP) is 6.16. The first-order chi connectivity index (χ1) is 11.3. The van der Waals surface area contributed by atoms with E-state index in [1.54, 1.807) is 0 Å². The number of rotatable bonds is 13. The van der Waals surface area contributed by atoms with Crippen molar-refractivity contribution in [1.82, 2.24) is 0 Å². The molecule has 0 aromatic rings. The molecule has 2 heteroatoms. The Morgan fingerprint density at radius 1 is 0.652 bits per heavy atom. The Morgan fingerprint density at radius 2 is 1.00 bits per heavy atom. The maximum atomic E-state index is 10.3. The van der Waals surface area contributed by atoms with Gasteiger partial charge in [-0.1, -0.05) is 72.9 Å². The average Bonchev–Trinajstić information content (AvgIpc) is 2.53. The largest absolute Gasteiger partial charge is 0.481 e. The Bertz CT molecular complexity index is 448. The van der Waals surface area contributed by atoms with Crippen LogP contribution in [0, 0.1) is 0 Å². The smallest absolute Gasteiger partial charge is 0.303 e. The van der Waals surface area contributed by atoms with Crippen molar-refractivity contribution in [2.75, 3.05) is 0 Å².